The quantitative estimate of drug-likeness (QED) is 0.721. The molecule has 3 N–H and O–H groups in total. The van der Waals surface area contributed by atoms with Crippen molar-refractivity contribution in [3.8, 4) is 5.75 Å². The van der Waals surface area contributed by atoms with Crippen molar-refractivity contribution in [2.24, 2.45) is 5.73 Å². The highest BCUT2D eigenvalue weighted by molar-refractivity contribution is 5.36. The van der Waals surface area contributed by atoms with Crippen LogP contribution in [-0.2, 0) is 0 Å². The zero-order chi connectivity index (χ0) is 12.7. The Kier molecular flexibility index (Phi) is 5.94. The van der Waals surface area contributed by atoms with Crippen LogP contribution in [0.2, 0.25) is 0 Å². The molecule has 1 aromatic carbocycles. The molecule has 1 rings (SSSR count). The number of unbranched alkanes of at least 4 members (excludes halogenated alkanes) is 2. The number of aliphatic hydroxyl groups is 1. The smallest absolute Gasteiger partial charge is 0.165 e. The first-order chi connectivity index (χ1) is 8.16. The third kappa shape index (κ3) is 4.32. The summed E-state index contributed by atoms with van der Waals surface area (Å²) in [6.07, 6.45) is 2.42. The molecule has 3 nitrogen and oxygen atoms in total. The van der Waals surface area contributed by atoms with E-state index >= 15 is 0 Å². The topological polar surface area (TPSA) is 55.5 Å². The van der Waals surface area contributed by atoms with Gasteiger partial charge in [-0.15, -0.1) is 0 Å². The van der Waals surface area contributed by atoms with Crippen LogP contribution in [0, 0.1) is 5.82 Å². The van der Waals surface area contributed by atoms with Gasteiger partial charge in [-0.2, -0.15) is 0 Å². The molecule has 4 heteroatoms. The van der Waals surface area contributed by atoms with E-state index in [1.54, 1.807) is 19.1 Å². The van der Waals surface area contributed by atoms with E-state index in [2.05, 4.69) is 0 Å². The van der Waals surface area contributed by atoms with Crippen molar-refractivity contribution in [3.05, 3.63) is 29.6 Å². The number of hydrogen-bond acceptors (Lipinski definition) is 3. The van der Waals surface area contributed by atoms with Gasteiger partial charge in [0.25, 0.3) is 0 Å². The normalized spacial score (nSPS) is 12.5. The molecule has 0 aliphatic heterocycles. The second-order valence-electron chi connectivity index (χ2n) is 4.08. The third-order valence-corrected chi connectivity index (χ3v) is 2.54. The zero-order valence-electron chi connectivity index (χ0n) is 10.2. The zero-order valence-corrected chi connectivity index (χ0v) is 10.2. The molecule has 96 valence electrons. The Labute approximate surface area is 101 Å². The molecular weight excluding hydrogens is 221 g/mol. The maximum atomic E-state index is 13.6. The van der Waals surface area contributed by atoms with Gasteiger partial charge < -0.3 is 15.6 Å². The second-order valence-corrected chi connectivity index (χ2v) is 4.08. The molecule has 0 saturated heterocycles. The number of benzene rings is 1. The number of rotatable bonds is 7. The lowest BCUT2D eigenvalue weighted by Gasteiger charge is -2.14. The van der Waals surface area contributed by atoms with Gasteiger partial charge in [0, 0.05) is 18.2 Å². The van der Waals surface area contributed by atoms with Gasteiger partial charge in [-0.05, 0) is 32.3 Å². The summed E-state index contributed by atoms with van der Waals surface area (Å²) in [5, 5.41) is 8.63. The third-order valence-electron chi connectivity index (χ3n) is 2.54. The number of para-hydroxylation sites is 1. The summed E-state index contributed by atoms with van der Waals surface area (Å²) >= 11 is 0. The van der Waals surface area contributed by atoms with Crippen molar-refractivity contribution in [1.82, 2.24) is 0 Å². The molecule has 1 aromatic rings. The van der Waals surface area contributed by atoms with Gasteiger partial charge in [-0.1, -0.05) is 12.1 Å². The predicted molar refractivity (Wildman–Crippen MR) is 65.4 cm³/mol. The van der Waals surface area contributed by atoms with Gasteiger partial charge in [0.1, 0.15) is 0 Å². The molecule has 0 aromatic heterocycles. The molecular formula is C13H20FNO2. The maximum absolute atomic E-state index is 13.6. The Morgan fingerprint density at radius 1 is 1.35 bits per heavy atom. The van der Waals surface area contributed by atoms with Crippen LogP contribution in [-0.4, -0.2) is 18.3 Å². The maximum Gasteiger partial charge on any atom is 0.165 e. The van der Waals surface area contributed by atoms with E-state index in [1.807, 2.05) is 0 Å². The minimum atomic E-state index is -0.373. The van der Waals surface area contributed by atoms with E-state index in [0.29, 0.717) is 12.2 Å². The average Bonchev–Trinajstić information content (AvgIpc) is 2.30. The monoisotopic (exact) mass is 241 g/mol. The summed E-state index contributed by atoms with van der Waals surface area (Å²) in [6.45, 7) is 2.43. The van der Waals surface area contributed by atoms with Crippen LogP contribution in [0.25, 0.3) is 0 Å². The van der Waals surface area contributed by atoms with Crippen LogP contribution in [0.15, 0.2) is 18.2 Å². The fraction of sp³-hybridized carbons (Fsp3) is 0.538. The Morgan fingerprint density at radius 3 is 2.76 bits per heavy atom. The average molecular weight is 241 g/mol. The summed E-state index contributed by atoms with van der Waals surface area (Å²) in [5.41, 5.74) is 6.44. The van der Waals surface area contributed by atoms with Crippen molar-refractivity contribution >= 4 is 0 Å². The fourth-order valence-electron chi connectivity index (χ4n) is 1.60. The summed E-state index contributed by atoms with van der Waals surface area (Å²) in [4.78, 5) is 0. The number of ether oxygens (including phenoxy) is 1. The van der Waals surface area contributed by atoms with Gasteiger partial charge in [-0.3, -0.25) is 0 Å². The molecule has 0 saturated carbocycles. The number of aliphatic hydroxyl groups excluding tert-OH is 1. The van der Waals surface area contributed by atoms with Crippen molar-refractivity contribution < 1.29 is 14.2 Å². The Hall–Kier alpha value is -1.13. The van der Waals surface area contributed by atoms with Crippen LogP contribution in [0.3, 0.4) is 0 Å². The van der Waals surface area contributed by atoms with Gasteiger partial charge in [0.15, 0.2) is 11.6 Å². The highest BCUT2D eigenvalue weighted by Gasteiger charge is 2.12. The lowest BCUT2D eigenvalue weighted by Crippen LogP contribution is -2.10. The fourth-order valence-corrected chi connectivity index (χ4v) is 1.60. The molecule has 0 fully saturated rings. The highest BCUT2D eigenvalue weighted by Crippen LogP contribution is 2.27. The summed E-state index contributed by atoms with van der Waals surface area (Å²) in [6, 6.07) is 4.52. The van der Waals surface area contributed by atoms with E-state index in [0.717, 1.165) is 19.3 Å². The van der Waals surface area contributed by atoms with Crippen molar-refractivity contribution in [2.45, 2.75) is 32.2 Å². The first-order valence-electron chi connectivity index (χ1n) is 5.94. The number of halogens is 1. The van der Waals surface area contributed by atoms with Crippen LogP contribution >= 0.6 is 0 Å². The van der Waals surface area contributed by atoms with E-state index in [9.17, 15) is 4.39 Å². The Bertz CT molecular complexity index is 342. The minimum Gasteiger partial charge on any atom is -0.490 e. The number of nitrogens with two attached hydrogens (primary N) is 1. The lowest BCUT2D eigenvalue weighted by molar-refractivity contribution is 0.260. The van der Waals surface area contributed by atoms with E-state index in [-0.39, 0.29) is 24.2 Å². The van der Waals surface area contributed by atoms with Gasteiger partial charge in [-0.25, -0.2) is 4.39 Å². The molecule has 0 aliphatic carbocycles. The molecule has 0 bridgehead atoms. The molecule has 1 atom stereocenters. The van der Waals surface area contributed by atoms with Crippen LogP contribution in [0.1, 0.15) is 37.8 Å². The Morgan fingerprint density at radius 2 is 2.12 bits per heavy atom. The lowest BCUT2D eigenvalue weighted by atomic mass is 10.1. The molecule has 0 amide bonds. The number of hydrogen-bond donors (Lipinski definition) is 2. The van der Waals surface area contributed by atoms with Gasteiger partial charge in [0.05, 0.1) is 6.61 Å². The summed E-state index contributed by atoms with van der Waals surface area (Å²) in [5.74, 6) is -0.117. The van der Waals surface area contributed by atoms with Crippen LogP contribution in [0.4, 0.5) is 4.39 Å². The first-order valence-corrected chi connectivity index (χ1v) is 5.94. The van der Waals surface area contributed by atoms with Gasteiger partial charge >= 0.3 is 0 Å². The highest BCUT2D eigenvalue weighted by atomic mass is 19.1. The SMILES string of the molecule is C[C@@H](N)c1cccc(F)c1OCCCCCO. The summed E-state index contributed by atoms with van der Waals surface area (Å²) < 4.78 is 19.0. The van der Waals surface area contributed by atoms with Crippen molar-refractivity contribution in [2.75, 3.05) is 13.2 Å². The summed E-state index contributed by atoms with van der Waals surface area (Å²) in [7, 11) is 0. The van der Waals surface area contributed by atoms with Crippen molar-refractivity contribution in [3.63, 3.8) is 0 Å². The van der Waals surface area contributed by atoms with E-state index in [4.69, 9.17) is 15.6 Å². The largest absolute Gasteiger partial charge is 0.490 e. The van der Waals surface area contributed by atoms with Gasteiger partial charge in [0.2, 0.25) is 0 Å². The van der Waals surface area contributed by atoms with Crippen LogP contribution < -0.4 is 10.5 Å². The first kappa shape index (κ1) is 13.9. The Balaban J connectivity index is 2.57. The molecule has 0 radical (unpaired) electrons. The molecule has 0 aliphatic rings. The van der Waals surface area contributed by atoms with E-state index in [1.165, 1.54) is 6.07 Å². The van der Waals surface area contributed by atoms with Crippen LogP contribution in [0.5, 0.6) is 5.75 Å². The minimum absolute atomic E-state index is 0.185. The van der Waals surface area contributed by atoms with Crippen molar-refractivity contribution in [1.29, 1.82) is 0 Å². The molecule has 17 heavy (non-hydrogen) atoms. The molecule has 0 unspecified atom stereocenters. The standard InChI is InChI=1S/C13H20FNO2/c1-10(15)11-6-5-7-12(14)13(11)17-9-4-2-3-8-16/h5-7,10,16H,2-4,8-9,15H2,1H3/t10-/m1/s1. The molecule has 0 spiro atoms. The molecule has 0 heterocycles. The second kappa shape index (κ2) is 7.25. The van der Waals surface area contributed by atoms with E-state index < -0.39 is 0 Å². The predicted octanol–water partition coefficient (Wildman–Crippen LogP) is 2.39.